The maximum Gasteiger partial charge on any atom is 0.184 e. The van der Waals surface area contributed by atoms with Crippen LogP contribution >= 0.6 is 22.6 Å². The van der Waals surface area contributed by atoms with Crippen LogP contribution in [0, 0.1) is 21.0 Å². The first-order valence-corrected chi connectivity index (χ1v) is 7.59. The topological polar surface area (TPSA) is 24.1 Å². The summed E-state index contributed by atoms with van der Waals surface area (Å²) in [5.74, 6) is -2.49. The maximum absolute atomic E-state index is 14.0. The first-order valence-electron chi connectivity index (χ1n) is 6.51. The molecule has 0 heterocycles. The number of nitrogens with one attached hydrogen (secondary N) is 2. The Morgan fingerprint density at radius 3 is 2.33 bits per heavy atom. The normalized spacial score (nSPS) is 14.1. The van der Waals surface area contributed by atoms with Crippen molar-refractivity contribution in [2.45, 2.75) is 18.9 Å². The highest BCUT2D eigenvalue weighted by Gasteiger charge is 2.24. The highest BCUT2D eigenvalue weighted by atomic mass is 127. The smallest absolute Gasteiger partial charge is 0.184 e. The molecular formula is C15H12F3IN2. The van der Waals surface area contributed by atoms with E-state index < -0.39 is 17.5 Å². The molecule has 0 bridgehead atoms. The van der Waals surface area contributed by atoms with Gasteiger partial charge in [-0.1, -0.05) is 0 Å². The van der Waals surface area contributed by atoms with Gasteiger partial charge in [0, 0.05) is 9.61 Å². The van der Waals surface area contributed by atoms with Gasteiger partial charge in [-0.25, -0.2) is 13.2 Å². The summed E-state index contributed by atoms with van der Waals surface area (Å²) in [4.78, 5) is 0. The quantitative estimate of drug-likeness (QED) is 0.699. The molecule has 2 N–H and O–H groups in total. The highest BCUT2D eigenvalue weighted by molar-refractivity contribution is 14.1. The molecule has 3 rings (SSSR count). The Hall–Kier alpha value is -1.44. The third kappa shape index (κ3) is 3.25. The molecule has 1 fully saturated rings. The summed E-state index contributed by atoms with van der Waals surface area (Å²) in [6.45, 7) is 0. The first kappa shape index (κ1) is 14.5. The molecule has 0 amide bonds. The molecule has 1 aliphatic rings. The van der Waals surface area contributed by atoms with Crippen molar-refractivity contribution in [1.29, 1.82) is 0 Å². The maximum atomic E-state index is 14.0. The van der Waals surface area contributed by atoms with Gasteiger partial charge in [-0.15, -0.1) is 0 Å². The van der Waals surface area contributed by atoms with Crippen LogP contribution in [-0.4, -0.2) is 6.04 Å². The molecule has 21 heavy (non-hydrogen) atoms. The molecule has 110 valence electrons. The van der Waals surface area contributed by atoms with Crippen molar-refractivity contribution >= 4 is 39.7 Å². The Balaban J connectivity index is 1.97. The van der Waals surface area contributed by atoms with Crippen LogP contribution in [0.3, 0.4) is 0 Å². The van der Waals surface area contributed by atoms with Crippen LogP contribution in [0.5, 0.6) is 0 Å². The summed E-state index contributed by atoms with van der Waals surface area (Å²) in [6, 6.07) is 7.32. The molecule has 1 aliphatic carbocycles. The van der Waals surface area contributed by atoms with Gasteiger partial charge < -0.3 is 10.6 Å². The zero-order valence-electron chi connectivity index (χ0n) is 10.9. The number of anilines is 3. The zero-order chi connectivity index (χ0) is 15.0. The molecule has 0 saturated heterocycles. The van der Waals surface area contributed by atoms with Crippen molar-refractivity contribution in [2.24, 2.45) is 0 Å². The zero-order valence-corrected chi connectivity index (χ0v) is 13.0. The van der Waals surface area contributed by atoms with Crippen LogP contribution in [0.1, 0.15) is 12.8 Å². The van der Waals surface area contributed by atoms with E-state index >= 15 is 0 Å². The second-order valence-electron chi connectivity index (χ2n) is 4.95. The number of hydrogen-bond donors (Lipinski definition) is 2. The Kier molecular flexibility index (Phi) is 3.97. The second kappa shape index (κ2) is 5.75. The fraction of sp³-hybridized carbons (Fsp3) is 0.200. The average molecular weight is 404 g/mol. The molecule has 6 heteroatoms. The molecule has 0 atom stereocenters. The lowest BCUT2D eigenvalue weighted by Gasteiger charge is -2.15. The van der Waals surface area contributed by atoms with E-state index in [0.29, 0.717) is 5.69 Å². The Morgan fingerprint density at radius 2 is 1.67 bits per heavy atom. The lowest BCUT2D eigenvalue weighted by Crippen LogP contribution is -2.07. The molecule has 0 radical (unpaired) electrons. The van der Waals surface area contributed by atoms with Gasteiger partial charge in [0.15, 0.2) is 11.6 Å². The van der Waals surface area contributed by atoms with Crippen molar-refractivity contribution in [3.63, 3.8) is 0 Å². The van der Waals surface area contributed by atoms with Crippen LogP contribution in [0.2, 0.25) is 0 Å². The van der Waals surface area contributed by atoms with Gasteiger partial charge in [0.1, 0.15) is 11.5 Å². The summed E-state index contributed by atoms with van der Waals surface area (Å²) in [7, 11) is 0. The number of halogens is 4. The summed E-state index contributed by atoms with van der Waals surface area (Å²) in [5, 5.41) is 5.76. The molecule has 2 aromatic carbocycles. The number of rotatable bonds is 4. The fourth-order valence-corrected chi connectivity index (χ4v) is 2.42. The number of benzene rings is 2. The monoisotopic (exact) mass is 404 g/mol. The van der Waals surface area contributed by atoms with E-state index in [1.807, 2.05) is 22.6 Å². The van der Waals surface area contributed by atoms with Crippen molar-refractivity contribution in [2.75, 3.05) is 10.6 Å². The van der Waals surface area contributed by atoms with E-state index in [1.54, 1.807) is 6.07 Å². The van der Waals surface area contributed by atoms with Gasteiger partial charge in [-0.05, 0) is 65.8 Å². The van der Waals surface area contributed by atoms with Crippen LogP contribution < -0.4 is 10.6 Å². The SMILES string of the molecule is Fc1cc(I)ccc1Nc1c(NC2CC2)ccc(F)c1F. The Labute approximate surface area is 133 Å². The fourth-order valence-electron chi connectivity index (χ4n) is 1.97. The van der Waals surface area contributed by atoms with Crippen LogP contribution in [0.25, 0.3) is 0 Å². The minimum Gasteiger partial charge on any atom is -0.381 e. The van der Waals surface area contributed by atoms with Gasteiger partial charge in [0.25, 0.3) is 0 Å². The predicted molar refractivity (Wildman–Crippen MR) is 85.4 cm³/mol. The predicted octanol–water partition coefficient (Wildman–Crippen LogP) is 5.03. The van der Waals surface area contributed by atoms with Crippen molar-refractivity contribution in [3.05, 3.63) is 51.4 Å². The van der Waals surface area contributed by atoms with Gasteiger partial charge in [-0.2, -0.15) is 0 Å². The average Bonchev–Trinajstić information content (AvgIpc) is 3.24. The van der Waals surface area contributed by atoms with Gasteiger partial charge in [0.2, 0.25) is 0 Å². The molecule has 0 unspecified atom stereocenters. The molecule has 2 nitrogen and oxygen atoms in total. The summed E-state index contributed by atoms with van der Waals surface area (Å²) < 4.78 is 42.1. The molecule has 2 aromatic rings. The highest BCUT2D eigenvalue weighted by Crippen LogP contribution is 2.34. The largest absolute Gasteiger partial charge is 0.381 e. The van der Waals surface area contributed by atoms with E-state index in [-0.39, 0.29) is 17.4 Å². The Morgan fingerprint density at radius 1 is 0.952 bits per heavy atom. The second-order valence-corrected chi connectivity index (χ2v) is 6.20. The van der Waals surface area contributed by atoms with Crippen molar-refractivity contribution in [3.8, 4) is 0 Å². The van der Waals surface area contributed by atoms with Crippen LogP contribution in [0.15, 0.2) is 30.3 Å². The Bertz CT molecular complexity index is 687. The van der Waals surface area contributed by atoms with E-state index in [2.05, 4.69) is 10.6 Å². The number of hydrogen-bond acceptors (Lipinski definition) is 2. The third-order valence-corrected chi connectivity index (χ3v) is 3.89. The minimum atomic E-state index is -1.02. The molecular weight excluding hydrogens is 392 g/mol. The molecule has 1 saturated carbocycles. The van der Waals surface area contributed by atoms with Crippen LogP contribution in [-0.2, 0) is 0 Å². The summed E-state index contributed by atoms with van der Waals surface area (Å²) >= 11 is 1.98. The van der Waals surface area contributed by atoms with Crippen molar-refractivity contribution in [1.82, 2.24) is 0 Å². The molecule has 0 spiro atoms. The van der Waals surface area contributed by atoms with Crippen molar-refractivity contribution < 1.29 is 13.2 Å². The lowest BCUT2D eigenvalue weighted by atomic mass is 10.2. The van der Waals surface area contributed by atoms with Gasteiger partial charge in [0.05, 0.1) is 11.4 Å². The lowest BCUT2D eigenvalue weighted by molar-refractivity contribution is 0.512. The van der Waals surface area contributed by atoms with Gasteiger partial charge >= 0.3 is 0 Å². The third-order valence-electron chi connectivity index (χ3n) is 3.22. The summed E-state index contributed by atoms with van der Waals surface area (Å²) in [6.07, 6.45) is 1.99. The van der Waals surface area contributed by atoms with Gasteiger partial charge in [-0.3, -0.25) is 0 Å². The van der Waals surface area contributed by atoms with E-state index in [0.717, 1.165) is 22.5 Å². The molecule has 0 aromatic heterocycles. The summed E-state index contributed by atoms with van der Waals surface area (Å²) in [5.41, 5.74) is 0.482. The van der Waals surface area contributed by atoms with Crippen LogP contribution in [0.4, 0.5) is 30.2 Å². The standard InChI is InChI=1S/C15H12F3IN2/c16-10-4-6-13(20-9-2-3-9)15(14(10)18)21-12-5-1-8(19)7-11(12)17/h1,4-7,9,20-21H,2-3H2. The van der Waals surface area contributed by atoms with E-state index in [1.165, 1.54) is 18.2 Å². The molecule has 0 aliphatic heterocycles. The van der Waals surface area contributed by atoms with E-state index in [4.69, 9.17) is 0 Å². The van der Waals surface area contributed by atoms with E-state index in [9.17, 15) is 13.2 Å². The first-order chi connectivity index (χ1) is 10.0. The minimum absolute atomic E-state index is 0.0676.